The van der Waals surface area contributed by atoms with E-state index in [0.717, 1.165) is 36.2 Å². The number of hydrogen-bond acceptors (Lipinski definition) is 5. The third kappa shape index (κ3) is 7.28. The van der Waals surface area contributed by atoms with Crippen molar-refractivity contribution < 1.29 is 22.7 Å². The number of rotatable bonds is 12. The Balaban J connectivity index is 2.89. The molecule has 1 rings (SSSR count). The van der Waals surface area contributed by atoms with Crippen molar-refractivity contribution in [2.24, 2.45) is 5.92 Å². The van der Waals surface area contributed by atoms with Gasteiger partial charge < -0.3 is 14.8 Å². The maximum atomic E-state index is 12.4. The second-order valence-electron chi connectivity index (χ2n) is 6.53. The maximum absolute atomic E-state index is 12.4. The summed E-state index contributed by atoms with van der Waals surface area (Å²) in [5, 5.41) is 2.87. The fourth-order valence-electron chi connectivity index (χ4n) is 2.77. The van der Waals surface area contributed by atoms with Crippen LogP contribution >= 0.6 is 0 Å². The molecule has 1 amide bonds. The van der Waals surface area contributed by atoms with E-state index in [1.807, 2.05) is 0 Å². The molecule has 0 fully saturated rings. The Labute approximate surface area is 163 Å². The van der Waals surface area contributed by atoms with Crippen LogP contribution in [0.5, 0.6) is 11.5 Å². The first-order valence-electron chi connectivity index (χ1n) is 9.23. The zero-order chi connectivity index (χ0) is 20.4. The van der Waals surface area contributed by atoms with E-state index in [9.17, 15) is 13.2 Å². The highest BCUT2D eigenvalue weighted by atomic mass is 32.2. The lowest BCUT2D eigenvalue weighted by atomic mass is 9.99. The molecule has 0 bridgehead atoms. The molecular weight excluding hydrogens is 368 g/mol. The van der Waals surface area contributed by atoms with E-state index in [0.29, 0.717) is 29.6 Å². The van der Waals surface area contributed by atoms with Crippen molar-refractivity contribution in [1.82, 2.24) is 5.32 Å². The Morgan fingerprint density at radius 2 is 1.85 bits per heavy atom. The average Bonchev–Trinajstić information content (AvgIpc) is 2.64. The summed E-state index contributed by atoms with van der Waals surface area (Å²) in [6.07, 6.45) is 5.35. The number of amides is 1. The Hall–Kier alpha value is -1.96. The van der Waals surface area contributed by atoms with Gasteiger partial charge >= 0.3 is 0 Å². The highest BCUT2D eigenvalue weighted by Gasteiger charge is 2.22. The largest absolute Gasteiger partial charge is 0.493 e. The molecule has 1 atom stereocenters. The van der Waals surface area contributed by atoms with Gasteiger partial charge in [-0.15, -0.1) is 0 Å². The Morgan fingerprint density at radius 3 is 2.37 bits per heavy atom. The first kappa shape index (κ1) is 23.1. The van der Waals surface area contributed by atoms with E-state index in [2.05, 4.69) is 19.2 Å². The third-order valence-corrected chi connectivity index (χ3v) is 5.61. The van der Waals surface area contributed by atoms with Crippen LogP contribution in [0.15, 0.2) is 18.2 Å². The van der Waals surface area contributed by atoms with Gasteiger partial charge in [0.25, 0.3) is 0 Å². The number of benzene rings is 1. The van der Waals surface area contributed by atoms with Crippen molar-refractivity contribution in [2.75, 3.05) is 37.9 Å². The van der Waals surface area contributed by atoms with Crippen LogP contribution in [0.1, 0.15) is 39.5 Å². The second-order valence-corrected chi connectivity index (χ2v) is 8.44. The lowest BCUT2D eigenvalue weighted by Gasteiger charge is -2.23. The maximum Gasteiger partial charge on any atom is 0.240 e. The molecule has 0 heterocycles. The molecule has 7 nitrogen and oxygen atoms in total. The van der Waals surface area contributed by atoms with E-state index in [1.54, 1.807) is 18.2 Å². The molecule has 27 heavy (non-hydrogen) atoms. The van der Waals surface area contributed by atoms with Gasteiger partial charge in [-0.3, -0.25) is 9.10 Å². The third-order valence-electron chi connectivity index (χ3n) is 4.47. The van der Waals surface area contributed by atoms with Gasteiger partial charge in [-0.05, 0) is 24.5 Å². The predicted molar refractivity (Wildman–Crippen MR) is 108 cm³/mol. The summed E-state index contributed by atoms with van der Waals surface area (Å²) in [6, 6.07) is 4.75. The molecule has 0 saturated heterocycles. The fourth-order valence-corrected chi connectivity index (χ4v) is 3.62. The number of carbonyl (C=O) groups is 1. The lowest BCUT2D eigenvalue weighted by Crippen LogP contribution is -2.41. The van der Waals surface area contributed by atoms with E-state index in [-0.39, 0.29) is 12.5 Å². The van der Waals surface area contributed by atoms with Crippen LogP contribution in [0.4, 0.5) is 5.69 Å². The molecule has 0 aliphatic carbocycles. The normalized spacial score (nSPS) is 12.3. The number of ether oxygens (including phenoxy) is 2. The Bertz CT molecular complexity index is 706. The van der Waals surface area contributed by atoms with Crippen molar-refractivity contribution in [3.63, 3.8) is 0 Å². The number of nitrogens with one attached hydrogen (secondary N) is 1. The highest BCUT2D eigenvalue weighted by Crippen LogP contribution is 2.32. The predicted octanol–water partition coefficient (Wildman–Crippen LogP) is 2.80. The molecule has 0 spiro atoms. The van der Waals surface area contributed by atoms with Gasteiger partial charge in [-0.1, -0.05) is 33.1 Å². The van der Waals surface area contributed by atoms with Crippen LogP contribution in [-0.2, 0) is 14.8 Å². The summed E-state index contributed by atoms with van der Waals surface area (Å²) in [4.78, 5) is 12.4. The monoisotopic (exact) mass is 400 g/mol. The zero-order valence-corrected chi connectivity index (χ0v) is 17.8. The quantitative estimate of drug-likeness (QED) is 0.583. The van der Waals surface area contributed by atoms with Gasteiger partial charge in [0, 0.05) is 12.6 Å². The molecular formula is C19H32N2O5S. The average molecular weight is 401 g/mol. The van der Waals surface area contributed by atoms with Gasteiger partial charge in [0.1, 0.15) is 6.54 Å². The van der Waals surface area contributed by atoms with E-state index >= 15 is 0 Å². The van der Waals surface area contributed by atoms with Crippen molar-refractivity contribution >= 4 is 21.6 Å². The molecule has 1 aromatic carbocycles. The van der Waals surface area contributed by atoms with Gasteiger partial charge in [-0.25, -0.2) is 8.42 Å². The molecule has 8 heteroatoms. The zero-order valence-electron chi connectivity index (χ0n) is 16.9. The number of nitrogens with zero attached hydrogens (tertiary/aromatic N) is 1. The van der Waals surface area contributed by atoms with E-state index in [1.165, 1.54) is 14.2 Å². The molecule has 0 unspecified atom stereocenters. The van der Waals surface area contributed by atoms with Crippen LogP contribution in [0, 0.1) is 5.92 Å². The minimum absolute atomic E-state index is 0.279. The lowest BCUT2D eigenvalue weighted by molar-refractivity contribution is -0.119. The highest BCUT2D eigenvalue weighted by molar-refractivity contribution is 7.92. The number of anilines is 1. The van der Waals surface area contributed by atoms with Crippen LogP contribution < -0.4 is 19.1 Å². The van der Waals surface area contributed by atoms with Gasteiger partial charge in [0.2, 0.25) is 15.9 Å². The van der Waals surface area contributed by atoms with Crippen molar-refractivity contribution in [3.8, 4) is 11.5 Å². The van der Waals surface area contributed by atoms with Gasteiger partial charge in [0.05, 0.1) is 26.2 Å². The summed E-state index contributed by atoms with van der Waals surface area (Å²) >= 11 is 0. The Kier molecular flexibility index (Phi) is 9.41. The number of hydrogen-bond donors (Lipinski definition) is 1. The minimum atomic E-state index is -3.64. The molecule has 0 saturated carbocycles. The summed E-state index contributed by atoms with van der Waals surface area (Å²) < 4.78 is 35.9. The molecule has 0 aliphatic rings. The minimum Gasteiger partial charge on any atom is -0.493 e. The SMILES string of the molecule is CCCC[C@@H](CC)CNC(=O)CN(c1ccc(OC)c(OC)c1)S(C)(=O)=O. The molecule has 0 aromatic heterocycles. The number of carbonyl (C=O) groups excluding carboxylic acids is 1. The summed E-state index contributed by atoms with van der Waals surface area (Å²) in [7, 11) is -0.665. The first-order valence-corrected chi connectivity index (χ1v) is 11.1. The molecule has 1 N–H and O–H groups in total. The molecule has 154 valence electrons. The second kappa shape index (κ2) is 11.0. The first-order chi connectivity index (χ1) is 12.8. The topological polar surface area (TPSA) is 84.9 Å². The number of sulfonamides is 1. The van der Waals surface area contributed by atoms with Crippen LogP contribution in [0.3, 0.4) is 0 Å². The van der Waals surface area contributed by atoms with Gasteiger partial charge in [-0.2, -0.15) is 0 Å². The standard InChI is InChI=1S/C19H32N2O5S/c1-6-8-9-15(7-2)13-20-19(22)14-21(27(5,23)24)16-10-11-17(25-3)18(12-16)26-4/h10-12,15H,6-9,13-14H2,1-5H3,(H,20,22)/t15-/m1/s1. The van der Waals surface area contributed by atoms with Crippen molar-refractivity contribution in [1.29, 1.82) is 0 Å². The number of unbranched alkanes of at least 4 members (excludes halogenated alkanes) is 1. The fraction of sp³-hybridized carbons (Fsp3) is 0.632. The summed E-state index contributed by atoms with van der Waals surface area (Å²) in [5.74, 6) is 0.961. The van der Waals surface area contributed by atoms with Crippen LogP contribution in [-0.4, -0.2) is 47.9 Å². The van der Waals surface area contributed by atoms with Crippen LogP contribution in [0.25, 0.3) is 0 Å². The van der Waals surface area contributed by atoms with E-state index < -0.39 is 10.0 Å². The Morgan fingerprint density at radius 1 is 1.19 bits per heavy atom. The van der Waals surface area contributed by atoms with Gasteiger partial charge in [0.15, 0.2) is 11.5 Å². The van der Waals surface area contributed by atoms with Crippen molar-refractivity contribution in [3.05, 3.63) is 18.2 Å². The molecule has 0 aliphatic heterocycles. The van der Waals surface area contributed by atoms with E-state index in [4.69, 9.17) is 9.47 Å². The number of methoxy groups -OCH3 is 2. The summed E-state index contributed by atoms with van der Waals surface area (Å²) in [6.45, 7) is 4.51. The molecule has 1 aromatic rings. The summed E-state index contributed by atoms with van der Waals surface area (Å²) in [5.41, 5.74) is 0.350. The molecule has 0 radical (unpaired) electrons. The van der Waals surface area contributed by atoms with Crippen LogP contribution in [0.2, 0.25) is 0 Å². The van der Waals surface area contributed by atoms with Crippen molar-refractivity contribution in [2.45, 2.75) is 39.5 Å². The smallest absolute Gasteiger partial charge is 0.240 e.